The molecule has 0 heterocycles. The standard InChI is InChI=1S/C8H10O/c1-6-4-3-5-7(2)8(6)9/h3-5,9H,1-2H3/p-1. The zero-order valence-electron chi connectivity index (χ0n) is 5.64. The molecule has 0 aromatic heterocycles. The van der Waals surface area contributed by atoms with Gasteiger partial charge in [0, 0.05) is 0 Å². The predicted octanol–water partition coefficient (Wildman–Crippen LogP) is 1.38. The van der Waals surface area contributed by atoms with Gasteiger partial charge in [0.25, 0.3) is 0 Å². The van der Waals surface area contributed by atoms with Gasteiger partial charge in [-0.2, -0.15) is 0 Å². The van der Waals surface area contributed by atoms with Gasteiger partial charge in [0.15, 0.2) is 0 Å². The van der Waals surface area contributed by atoms with Crippen molar-refractivity contribution >= 4 is 0 Å². The summed E-state index contributed by atoms with van der Waals surface area (Å²) in [6.45, 7) is 3.66. The normalized spacial score (nSPS) is 9.56. The number of benzene rings is 1. The molecule has 48 valence electrons. The maximum absolute atomic E-state index is 11.0. The fraction of sp³-hybridized carbons (Fsp3) is 0.250. The minimum atomic E-state index is 0.164. The summed E-state index contributed by atoms with van der Waals surface area (Å²) in [6, 6.07) is 5.55. The van der Waals surface area contributed by atoms with Gasteiger partial charge in [-0.25, -0.2) is 0 Å². The Hall–Kier alpha value is -0.980. The Morgan fingerprint density at radius 2 is 1.56 bits per heavy atom. The molecule has 0 saturated heterocycles. The summed E-state index contributed by atoms with van der Waals surface area (Å²) in [5, 5.41) is 11.0. The van der Waals surface area contributed by atoms with E-state index in [0.29, 0.717) is 0 Å². The minimum Gasteiger partial charge on any atom is -0.872 e. The third-order valence-corrected chi connectivity index (χ3v) is 1.41. The van der Waals surface area contributed by atoms with E-state index >= 15 is 0 Å². The zero-order chi connectivity index (χ0) is 6.85. The SMILES string of the molecule is Cc1cccc(C)c1[O-]. The summed E-state index contributed by atoms with van der Waals surface area (Å²) < 4.78 is 0. The van der Waals surface area contributed by atoms with Gasteiger partial charge in [0.2, 0.25) is 0 Å². The third kappa shape index (κ3) is 1.04. The lowest BCUT2D eigenvalue weighted by molar-refractivity contribution is -0.270. The van der Waals surface area contributed by atoms with Gasteiger partial charge < -0.3 is 5.11 Å². The molecule has 0 saturated carbocycles. The van der Waals surface area contributed by atoms with E-state index in [1.165, 1.54) is 0 Å². The summed E-state index contributed by atoms with van der Waals surface area (Å²) >= 11 is 0. The Bertz CT molecular complexity index is 196. The first-order chi connectivity index (χ1) is 4.22. The van der Waals surface area contributed by atoms with Crippen LogP contribution in [0.3, 0.4) is 0 Å². The highest BCUT2D eigenvalue weighted by atomic mass is 16.3. The van der Waals surface area contributed by atoms with Crippen molar-refractivity contribution in [3.05, 3.63) is 29.3 Å². The monoisotopic (exact) mass is 121 g/mol. The molecule has 1 aromatic carbocycles. The predicted molar refractivity (Wildman–Crippen MR) is 35.4 cm³/mol. The Labute approximate surface area is 55.0 Å². The Kier molecular flexibility index (Phi) is 1.43. The van der Waals surface area contributed by atoms with Crippen molar-refractivity contribution in [1.82, 2.24) is 0 Å². The Morgan fingerprint density at radius 1 is 1.11 bits per heavy atom. The molecule has 1 rings (SSSR count). The summed E-state index contributed by atoms with van der Waals surface area (Å²) in [7, 11) is 0. The van der Waals surface area contributed by atoms with Crippen LogP contribution in [-0.2, 0) is 0 Å². The maximum atomic E-state index is 11.0. The molecule has 0 N–H and O–H groups in total. The molecule has 0 fully saturated rings. The second-order valence-electron chi connectivity index (χ2n) is 2.22. The van der Waals surface area contributed by atoms with E-state index in [1.54, 1.807) is 0 Å². The molecule has 0 amide bonds. The molecule has 0 aliphatic heterocycles. The summed E-state index contributed by atoms with van der Waals surface area (Å²) in [5.74, 6) is 0.164. The van der Waals surface area contributed by atoms with Crippen molar-refractivity contribution in [2.45, 2.75) is 13.8 Å². The lowest BCUT2D eigenvalue weighted by Gasteiger charge is -2.12. The molecule has 1 heteroatoms. The first kappa shape index (κ1) is 6.14. The van der Waals surface area contributed by atoms with Crippen molar-refractivity contribution in [1.29, 1.82) is 0 Å². The molecule has 0 radical (unpaired) electrons. The van der Waals surface area contributed by atoms with Gasteiger partial charge in [-0.1, -0.05) is 29.3 Å². The molecule has 0 bridgehead atoms. The number of rotatable bonds is 0. The highest BCUT2D eigenvalue weighted by Crippen LogP contribution is 2.15. The van der Waals surface area contributed by atoms with Crippen molar-refractivity contribution < 1.29 is 5.11 Å². The Balaban J connectivity index is 3.25. The van der Waals surface area contributed by atoms with Crippen LogP contribution in [0.4, 0.5) is 0 Å². The maximum Gasteiger partial charge on any atom is -0.0404 e. The topological polar surface area (TPSA) is 23.1 Å². The summed E-state index contributed by atoms with van der Waals surface area (Å²) in [6.07, 6.45) is 0. The van der Waals surface area contributed by atoms with E-state index in [1.807, 2.05) is 32.0 Å². The lowest BCUT2D eigenvalue weighted by atomic mass is 10.1. The molecular formula is C8H9O-. The van der Waals surface area contributed by atoms with Crippen molar-refractivity contribution in [3.63, 3.8) is 0 Å². The fourth-order valence-electron chi connectivity index (χ4n) is 0.799. The number of hydrogen-bond donors (Lipinski definition) is 0. The van der Waals surface area contributed by atoms with E-state index in [4.69, 9.17) is 0 Å². The van der Waals surface area contributed by atoms with Crippen LogP contribution in [0.1, 0.15) is 11.1 Å². The molecular weight excluding hydrogens is 112 g/mol. The molecule has 0 aliphatic rings. The van der Waals surface area contributed by atoms with Crippen LogP contribution >= 0.6 is 0 Å². The number of hydrogen-bond acceptors (Lipinski definition) is 1. The van der Waals surface area contributed by atoms with E-state index in [-0.39, 0.29) is 5.75 Å². The molecule has 1 nitrogen and oxygen atoms in total. The van der Waals surface area contributed by atoms with Crippen LogP contribution in [0.2, 0.25) is 0 Å². The fourth-order valence-corrected chi connectivity index (χ4v) is 0.799. The lowest BCUT2D eigenvalue weighted by Crippen LogP contribution is -1.95. The van der Waals surface area contributed by atoms with E-state index in [2.05, 4.69) is 0 Å². The van der Waals surface area contributed by atoms with Crippen molar-refractivity contribution in [3.8, 4) is 5.75 Å². The van der Waals surface area contributed by atoms with E-state index in [0.717, 1.165) is 11.1 Å². The molecule has 0 spiro atoms. The second kappa shape index (κ2) is 2.09. The first-order valence-electron chi connectivity index (χ1n) is 2.95. The minimum absolute atomic E-state index is 0.164. The Morgan fingerprint density at radius 3 is 1.89 bits per heavy atom. The van der Waals surface area contributed by atoms with Crippen molar-refractivity contribution in [2.24, 2.45) is 0 Å². The number of para-hydroxylation sites is 1. The van der Waals surface area contributed by atoms with Crippen LogP contribution in [0.25, 0.3) is 0 Å². The van der Waals surface area contributed by atoms with Gasteiger partial charge in [-0.05, 0) is 13.8 Å². The van der Waals surface area contributed by atoms with Crippen LogP contribution in [-0.4, -0.2) is 0 Å². The molecule has 0 aliphatic carbocycles. The first-order valence-corrected chi connectivity index (χ1v) is 2.95. The smallest absolute Gasteiger partial charge is 0.0404 e. The largest absolute Gasteiger partial charge is 0.872 e. The number of aryl methyl sites for hydroxylation is 2. The molecule has 0 unspecified atom stereocenters. The molecule has 1 aromatic rings. The second-order valence-corrected chi connectivity index (χ2v) is 2.22. The van der Waals surface area contributed by atoms with Crippen LogP contribution in [0.5, 0.6) is 5.75 Å². The molecule has 9 heavy (non-hydrogen) atoms. The average molecular weight is 121 g/mol. The summed E-state index contributed by atoms with van der Waals surface area (Å²) in [4.78, 5) is 0. The highest BCUT2D eigenvalue weighted by molar-refractivity contribution is 5.36. The average Bonchev–Trinajstić information content (AvgIpc) is 1.83. The van der Waals surface area contributed by atoms with Gasteiger partial charge in [0.05, 0.1) is 0 Å². The zero-order valence-corrected chi connectivity index (χ0v) is 5.64. The van der Waals surface area contributed by atoms with Gasteiger partial charge in [-0.15, -0.1) is 5.75 Å². The van der Waals surface area contributed by atoms with E-state index < -0.39 is 0 Å². The van der Waals surface area contributed by atoms with Gasteiger partial charge in [0.1, 0.15) is 0 Å². The highest BCUT2D eigenvalue weighted by Gasteiger charge is 1.86. The van der Waals surface area contributed by atoms with Crippen molar-refractivity contribution in [2.75, 3.05) is 0 Å². The molecule has 0 atom stereocenters. The van der Waals surface area contributed by atoms with Crippen LogP contribution < -0.4 is 5.11 Å². The van der Waals surface area contributed by atoms with Gasteiger partial charge in [-0.3, -0.25) is 0 Å². The van der Waals surface area contributed by atoms with E-state index in [9.17, 15) is 5.11 Å². The van der Waals surface area contributed by atoms with Crippen LogP contribution in [0.15, 0.2) is 18.2 Å². The van der Waals surface area contributed by atoms with Gasteiger partial charge >= 0.3 is 0 Å². The third-order valence-electron chi connectivity index (χ3n) is 1.41. The quantitative estimate of drug-likeness (QED) is 0.508. The summed E-state index contributed by atoms with van der Waals surface area (Å²) in [5.41, 5.74) is 1.66. The van der Waals surface area contributed by atoms with Crippen LogP contribution in [0, 0.1) is 13.8 Å².